The Morgan fingerprint density at radius 2 is 2.25 bits per heavy atom. The van der Waals surface area contributed by atoms with Gasteiger partial charge in [0.1, 0.15) is 5.56 Å². The van der Waals surface area contributed by atoms with E-state index in [0.29, 0.717) is 11.3 Å². The smallest absolute Gasteiger partial charge is 0.341 e. The molecule has 5 heteroatoms. The molecule has 0 spiro atoms. The molecule has 2 aromatic rings. The van der Waals surface area contributed by atoms with Crippen LogP contribution in [-0.2, 0) is 4.74 Å². The molecule has 2 N–H and O–H groups in total. The normalized spacial score (nSPS) is 10.4. The predicted molar refractivity (Wildman–Crippen MR) is 70.2 cm³/mol. The number of nitrogen functional groups attached to an aromatic ring is 1. The number of fused-ring (bicyclic) bond motifs is 1. The van der Waals surface area contributed by atoms with Gasteiger partial charge in [0.25, 0.3) is 0 Å². The number of halogens is 1. The molecule has 1 heterocycles. The van der Waals surface area contributed by atoms with E-state index in [1.807, 2.05) is 18.2 Å². The molecule has 0 bridgehead atoms. The fraction of sp³-hybridized carbons (Fsp3) is 0.0909. The number of carbonyl (C=O) groups excluding carboxylic acids is 1. The summed E-state index contributed by atoms with van der Waals surface area (Å²) in [7, 11) is 1.32. The lowest BCUT2D eigenvalue weighted by Gasteiger charge is -2.06. The Bertz CT molecular complexity index is 569. The number of ether oxygens (including phenoxy) is 1. The first kappa shape index (κ1) is 11.1. The standard InChI is InChI=1S/C11H9IN2O2/c1-16-11(15)8-5-14-9-3-2-6(12)4-7(9)10(8)13/h2-5H,1H3,(H2,13,14). The number of carbonyl (C=O) groups is 1. The van der Waals surface area contributed by atoms with E-state index in [4.69, 9.17) is 5.73 Å². The van der Waals surface area contributed by atoms with Crippen molar-refractivity contribution in [2.75, 3.05) is 12.8 Å². The average molecular weight is 328 g/mol. The van der Waals surface area contributed by atoms with Crippen molar-refractivity contribution < 1.29 is 9.53 Å². The molecule has 2 rings (SSSR count). The van der Waals surface area contributed by atoms with Crippen LogP contribution >= 0.6 is 22.6 Å². The molecule has 0 saturated carbocycles. The maximum absolute atomic E-state index is 11.4. The van der Waals surface area contributed by atoms with Crippen LogP contribution in [0.5, 0.6) is 0 Å². The molecule has 0 aliphatic heterocycles. The van der Waals surface area contributed by atoms with Gasteiger partial charge in [0.15, 0.2) is 0 Å². The Kier molecular flexibility index (Phi) is 2.95. The third kappa shape index (κ3) is 1.82. The molecule has 0 amide bonds. The highest BCUT2D eigenvalue weighted by molar-refractivity contribution is 14.1. The fourth-order valence-corrected chi connectivity index (χ4v) is 1.95. The first-order valence-electron chi connectivity index (χ1n) is 4.55. The summed E-state index contributed by atoms with van der Waals surface area (Å²) in [6.07, 6.45) is 1.44. The van der Waals surface area contributed by atoms with Crippen LogP contribution in [0.15, 0.2) is 24.4 Å². The van der Waals surface area contributed by atoms with Crippen LogP contribution in [0.4, 0.5) is 5.69 Å². The van der Waals surface area contributed by atoms with E-state index >= 15 is 0 Å². The highest BCUT2D eigenvalue weighted by Gasteiger charge is 2.13. The second-order valence-corrected chi connectivity index (χ2v) is 4.48. The number of methoxy groups -OCH3 is 1. The zero-order valence-electron chi connectivity index (χ0n) is 8.53. The van der Waals surface area contributed by atoms with Crippen LogP contribution in [0, 0.1) is 3.57 Å². The summed E-state index contributed by atoms with van der Waals surface area (Å²) < 4.78 is 5.68. The van der Waals surface area contributed by atoms with Crippen molar-refractivity contribution in [3.8, 4) is 0 Å². The van der Waals surface area contributed by atoms with Crippen LogP contribution in [0.3, 0.4) is 0 Å². The minimum atomic E-state index is -0.467. The van der Waals surface area contributed by atoms with Crippen molar-refractivity contribution in [2.24, 2.45) is 0 Å². The first-order chi connectivity index (χ1) is 7.63. The molecule has 4 nitrogen and oxygen atoms in total. The van der Waals surface area contributed by atoms with Crippen LogP contribution in [-0.4, -0.2) is 18.1 Å². The monoisotopic (exact) mass is 328 g/mol. The van der Waals surface area contributed by atoms with Crippen LogP contribution in [0.2, 0.25) is 0 Å². The molecule has 1 aromatic carbocycles. The molecule has 16 heavy (non-hydrogen) atoms. The zero-order chi connectivity index (χ0) is 11.7. The Morgan fingerprint density at radius 1 is 1.50 bits per heavy atom. The number of hydrogen-bond acceptors (Lipinski definition) is 4. The number of aromatic nitrogens is 1. The van der Waals surface area contributed by atoms with Gasteiger partial charge in [0, 0.05) is 15.2 Å². The number of rotatable bonds is 1. The SMILES string of the molecule is COC(=O)c1cnc2ccc(I)cc2c1N. The summed E-state index contributed by atoms with van der Waals surface area (Å²) in [6, 6.07) is 5.70. The largest absolute Gasteiger partial charge is 0.465 e. The van der Waals surface area contributed by atoms with E-state index in [9.17, 15) is 4.79 Å². The molecule has 0 saturated heterocycles. The predicted octanol–water partition coefficient (Wildman–Crippen LogP) is 2.21. The lowest BCUT2D eigenvalue weighted by Crippen LogP contribution is -2.06. The molecule has 0 unspecified atom stereocenters. The molecule has 0 radical (unpaired) electrons. The highest BCUT2D eigenvalue weighted by Crippen LogP contribution is 2.25. The molecule has 0 aliphatic rings. The van der Waals surface area contributed by atoms with Gasteiger partial charge in [-0.1, -0.05) is 0 Å². The van der Waals surface area contributed by atoms with Crippen molar-refractivity contribution in [1.29, 1.82) is 0 Å². The Hall–Kier alpha value is -1.37. The summed E-state index contributed by atoms with van der Waals surface area (Å²) in [5, 5.41) is 0.773. The van der Waals surface area contributed by atoms with Crippen molar-refractivity contribution in [3.63, 3.8) is 0 Å². The maximum atomic E-state index is 11.4. The maximum Gasteiger partial charge on any atom is 0.341 e. The Balaban J connectivity index is 2.72. The molecule has 0 fully saturated rings. The Labute approximate surface area is 106 Å². The van der Waals surface area contributed by atoms with Crippen molar-refractivity contribution in [1.82, 2.24) is 4.98 Å². The van der Waals surface area contributed by atoms with Gasteiger partial charge in [-0.3, -0.25) is 4.98 Å². The van der Waals surface area contributed by atoms with E-state index < -0.39 is 5.97 Å². The second kappa shape index (κ2) is 4.25. The average Bonchev–Trinajstić information content (AvgIpc) is 2.29. The van der Waals surface area contributed by atoms with Gasteiger partial charge in [-0.2, -0.15) is 0 Å². The van der Waals surface area contributed by atoms with Gasteiger partial charge in [0.05, 0.1) is 18.3 Å². The molecular formula is C11H9IN2O2. The van der Waals surface area contributed by atoms with E-state index in [0.717, 1.165) is 14.5 Å². The number of anilines is 1. The van der Waals surface area contributed by atoms with Crippen LogP contribution in [0.25, 0.3) is 10.9 Å². The van der Waals surface area contributed by atoms with Gasteiger partial charge in [-0.25, -0.2) is 4.79 Å². The summed E-state index contributed by atoms with van der Waals surface area (Å²) in [5.74, 6) is -0.467. The van der Waals surface area contributed by atoms with E-state index in [2.05, 4.69) is 32.3 Å². The number of benzene rings is 1. The van der Waals surface area contributed by atoms with Crippen molar-refractivity contribution in [3.05, 3.63) is 33.5 Å². The first-order valence-corrected chi connectivity index (χ1v) is 5.63. The minimum Gasteiger partial charge on any atom is -0.465 e. The van der Waals surface area contributed by atoms with Crippen molar-refractivity contribution >= 4 is 45.2 Å². The van der Waals surface area contributed by atoms with E-state index in [-0.39, 0.29) is 0 Å². The number of pyridine rings is 1. The lowest BCUT2D eigenvalue weighted by molar-refractivity contribution is 0.0601. The van der Waals surface area contributed by atoms with Gasteiger partial charge in [0.2, 0.25) is 0 Å². The number of nitrogens with two attached hydrogens (primary N) is 1. The summed E-state index contributed by atoms with van der Waals surface area (Å²) in [6.45, 7) is 0. The quantitative estimate of drug-likeness (QED) is 0.644. The van der Waals surface area contributed by atoms with E-state index in [1.54, 1.807) is 0 Å². The molecule has 82 valence electrons. The second-order valence-electron chi connectivity index (χ2n) is 3.24. The molecule has 0 atom stereocenters. The topological polar surface area (TPSA) is 65.2 Å². The number of hydrogen-bond donors (Lipinski definition) is 1. The molecule has 1 aromatic heterocycles. The molecular weight excluding hydrogens is 319 g/mol. The zero-order valence-corrected chi connectivity index (χ0v) is 10.7. The molecule has 0 aliphatic carbocycles. The van der Waals surface area contributed by atoms with Crippen LogP contribution < -0.4 is 5.73 Å². The fourth-order valence-electron chi connectivity index (χ4n) is 1.46. The van der Waals surface area contributed by atoms with E-state index in [1.165, 1.54) is 13.3 Å². The van der Waals surface area contributed by atoms with Gasteiger partial charge >= 0.3 is 5.97 Å². The van der Waals surface area contributed by atoms with Gasteiger partial charge in [-0.05, 0) is 40.8 Å². The van der Waals surface area contributed by atoms with Gasteiger partial charge in [-0.15, -0.1) is 0 Å². The van der Waals surface area contributed by atoms with Gasteiger partial charge < -0.3 is 10.5 Å². The Morgan fingerprint density at radius 3 is 2.94 bits per heavy atom. The third-order valence-electron chi connectivity index (χ3n) is 2.28. The number of esters is 1. The summed E-state index contributed by atoms with van der Waals surface area (Å²) >= 11 is 2.18. The highest BCUT2D eigenvalue weighted by atomic mass is 127. The lowest BCUT2D eigenvalue weighted by atomic mass is 10.1. The summed E-state index contributed by atoms with van der Waals surface area (Å²) in [5.41, 5.74) is 7.40. The van der Waals surface area contributed by atoms with Crippen LogP contribution in [0.1, 0.15) is 10.4 Å². The summed E-state index contributed by atoms with van der Waals surface area (Å²) in [4.78, 5) is 15.6. The number of nitrogens with zero attached hydrogens (tertiary/aromatic N) is 1. The third-order valence-corrected chi connectivity index (χ3v) is 2.95. The van der Waals surface area contributed by atoms with Crippen molar-refractivity contribution in [2.45, 2.75) is 0 Å². The minimum absolute atomic E-state index is 0.303.